The number of hydrogen-bond donors (Lipinski definition) is 2. The number of hydrogen-bond acceptors (Lipinski definition) is 6. The zero-order chi connectivity index (χ0) is 20.1. The average molecular weight is 442 g/mol. The van der Waals surface area contributed by atoms with Gasteiger partial charge in [-0.25, -0.2) is 4.98 Å². The highest BCUT2D eigenvalue weighted by Crippen LogP contribution is 2.33. The molecule has 5 nitrogen and oxygen atoms in total. The highest BCUT2D eigenvalue weighted by molar-refractivity contribution is 7.99. The molecule has 0 bridgehead atoms. The summed E-state index contributed by atoms with van der Waals surface area (Å²) in [5.74, 6) is 1.42. The number of nitrogens with zero attached hydrogens (tertiary/aromatic N) is 1. The minimum atomic E-state index is -0.123. The fraction of sp³-hybridized carbons (Fsp3) is 0.190. The van der Waals surface area contributed by atoms with Crippen LogP contribution < -0.4 is 10.9 Å². The van der Waals surface area contributed by atoms with Gasteiger partial charge < -0.3 is 10.3 Å². The SMILES string of the molecule is O=C(CSCc1nc2scc(-c3cccs3)c2c(=O)[nH]1)NCCc1ccccc1. The Balaban J connectivity index is 1.31. The van der Waals surface area contributed by atoms with Gasteiger partial charge in [0.25, 0.3) is 5.56 Å². The number of fused-ring (bicyclic) bond motifs is 1. The Morgan fingerprint density at radius 3 is 2.79 bits per heavy atom. The number of amides is 1. The van der Waals surface area contributed by atoms with Gasteiger partial charge in [-0.15, -0.1) is 34.4 Å². The van der Waals surface area contributed by atoms with Crippen LogP contribution in [0.15, 0.2) is 58.0 Å². The van der Waals surface area contributed by atoms with E-state index in [1.165, 1.54) is 28.7 Å². The van der Waals surface area contributed by atoms with Crippen LogP contribution in [0.25, 0.3) is 20.7 Å². The summed E-state index contributed by atoms with van der Waals surface area (Å²) in [6.07, 6.45) is 0.813. The van der Waals surface area contributed by atoms with Gasteiger partial charge in [-0.3, -0.25) is 9.59 Å². The van der Waals surface area contributed by atoms with E-state index >= 15 is 0 Å². The lowest BCUT2D eigenvalue weighted by Crippen LogP contribution is -2.27. The van der Waals surface area contributed by atoms with E-state index in [4.69, 9.17) is 0 Å². The highest BCUT2D eigenvalue weighted by Gasteiger charge is 2.13. The lowest BCUT2D eigenvalue weighted by Gasteiger charge is -2.05. The predicted octanol–water partition coefficient (Wildman–Crippen LogP) is 4.31. The summed E-state index contributed by atoms with van der Waals surface area (Å²) in [6, 6.07) is 14.0. The number of rotatable bonds is 8. The summed E-state index contributed by atoms with van der Waals surface area (Å²) < 4.78 is 0. The molecule has 4 aromatic rings. The first-order chi connectivity index (χ1) is 14.2. The Labute approximate surface area is 180 Å². The molecule has 29 heavy (non-hydrogen) atoms. The van der Waals surface area contributed by atoms with Crippen molar-refractivity contribution in [3.8, 4) is 10.4 Å². The predicted molar refractivity (Wildman–Crippen MR) is 123 cm³/mol. The Kier molecular flexibility index (Phi) is 6.43. The van der Waals surface area contributed by atoms with Gasteiger partial charge in [0.15, 0.2) is 0 Å². The quantitative estimate of drug-likeness (QED) is 0.427. The van der Waals surface area contributed by atoms with E-state index in [1.807, 2.05) is 53.2 Å². The molecule has 0 spiro atoms. The molecule has 3 aromatic heterocycles. The largest absolute Gasteiger partial charge is 0.355 e. The number of nitrogens with one attached hydrogen (secondary N) is 2. The number of aromatic nitrogens is 2. The molecule has 1 aromatic carbocycles. The molecule has 0 unspecified atom stereocenters. The molecule has 1 amide bonds. The van der Waals surface area contributed by atoms with Crippen LogP contribution in [-0.2, 0) is 17.0 Å². The maximum Gasteiger partial charge on any atom is 0.260 e. The van der Waals surface area contributed by atoms with Gasteiger partial charge in [-0.05, 0) is 23.4 Å². The van der Waals surface area contributed by atoms with Gasteiger partial charge >= 0.3 is 0 Å². The molecular weight excluding hydrogens is 422 g/mol. The van der Waals surface area contributed by atoms with Crippen LogP contribution in [-0.4, -0.2) is 28.2 Å². The van der Waals surface area contributed by atoms with E-state index in [9.17, 15) is 9.59 Å². The lowest BCUT2D eigenvalue weighted by molar-refractivity contribution is -0.118. The summed E-state index contributed by atoms with van der Waals surface area (Å²) in [6.45, 7) is 0.616. The molecule has 8 heteroatoms. The van der Waals surface area contributed by atoms with Gasteiger partial charge in [0.2, 0.25) is 5.91 Å². The first-order valence-electron chi connectivity index (χ1n) is 9.13. The van der Waals surface area contributed by atoms with Crippen molar-refractivity contribution >= 4 is 50.6 Å². The third-order valence-electron chi connectivity index (χ3n) is 4.33. The van der Waals surface area contributed by atoms with E-state index in [0.717, 1.165) is 21.7 Å². The van der Waals surface area contributed by atoms with Crippen molar-refractivity contribution in [2.75, 3.05) is 12.3 Å². The summed E-state index contributed by atoms with van der Waals surface area (Å²) in [5.41, 5.74) is 2.02. The molecule has 0 atom stereocenters. The van der Waals surface area contributed by atoms with Gasteiger partial charge in [-0.2, -0.15) is 0 Å². The van der Waals surface area contributed by atoms with Crippen LogP contribution in [0.5, 0.6) is 0 Å². The van der Waals surface area contributed by atoms with Crippen molar-refractivity contribution in [1.82, 2.24) is 15.3 Å². The Bertz CT molecular complexity index is 1150. The van der Waals surface area contributed by atoms with E-state index in [0.29, 0.717) is 29.3 Å². The maximum atomic E-state index is 12.6. The number of thiophene rings is 2. The number of H-pyrrole nitrogens is 1. The number of carbonyl (C=O) groups excluding carboxylic acids is 1. The zero-order valence-electron chi connectivity index (χ0n) is 15.5. The average Bonchev–Trinajstić information content (AvgIpc) is 3.38. The smallest absolute Gasteiger partial charge is 0.260 e. The van der Waals surface area contributed by atoms with Gasteiger partial charge in [-0.1, -0.05) is 36.4 Å². The van der Waals surface area contributed by atoms with Gasteiger partial charge in [0.05, 0.1) is 16.9 Å². The molecular formula is C21H19N3O2S3. The van der Waals surface area contributed by atoms with Gasteiger partial charge in [0.1, 0.15) is 10.7 Å². The van der Waals surface area contributed by atoms with Crippen molar-refractivity contribution in [3.05, 3.63) is 75.0 Å². The van der Waals surface area contributed by atoms with Crippen molar-refractivity contribution in [3.63, 3.8) is 0 Å². The van der Waals surface area contributed by atoms with E-state index in [1.54, 1.807) is 11.3 Å². The fourth-order valence-corrected chi connectivity index (χ4v) is 5.46. The fourth-order valence-electron chi connectivity index (χ4n) is 2.96. The van der Waals surface area contributed by atoms with E-state index < -0.39 is 0 Å². The first kappa shape index (κ1) is 19.9. The van der Waals surface area contributed by atoms with E-state index in [2.05, 4.69) is 15.3 Å². The summed E-state index contributed by atoms with van der Waals surface area (Å²) in [4.78, 5) is 33.8. The van der Waals surface area contributed by atoms with Crippen molar-refractivity contribution < 1.29 is 4.79 Å². The van der Waals surface area contributed by atoms with Crippen LogP contribution >= 0.6 is 34.4 Å². The Morgan fingerprint density at radius 2 is 2.00 bits per heavy atom. The summed E-state index contributed by atoms with van der Waals surface area (Å²) in [7, 11) is 0. The number of thioether (sulfide) groups is 1. The zero-order valence-corrected chi connectivity index (χ0v) is 18.0. The number of aromatic amines is 1. The topological polar surface area (TPSA) is 74.8 Å². The molecule has 0 aliphatic heterocycles. The maximum absolute atomic E-state index is 12.6. The van der Waals surface area contributed by atoms with Crippen LogP contribution in [0.2, 0.25) is 0 Å². The summed E-state index contributed by atoms with van der Waals surface area (Å²) in [5, 5.41) is 7.55. The molecule has 0 aliphatic carbocycles. The molecule has 0 saturated carbocycles. The minimum Gasteiger partial charge on any atom is -0.355 e. The highest BCUT2D eigenvalue weighted by atomic mass is 32.2. The normalized spacial score (nSPS) is 11.0. The second-order valence-corrected chi connectivity index (χ2v) is 9.19. The molecule has 3 heterocycles. The minimum absolute atomic E-state index is 0.00883. The second-order valence-electron chi connectivity index (χ2n) is 6.40. The number of carbonyl (C=O) groups is 1. The molecule has 148 valence electrons. The molecule has 0 fully saturated rings. The first-order valence-corrected chi connectivity index (χ1v) is 12.0. The molecule has 0 saturated heterocycles. The second kappa shape index (κ2) is 9.39. The molecule has 0 aliphatic rings. The molecule has 4 rings (SSSR count). The van der Waals surface area contributed by atoms with Crippen LogP contribution in [0.1, 0.15) is 11.4 Å². The third-order valence-corrected chi connectivity index (χ3v) is 7.05. The van der Waals surface area contributed by atoms with Crippen molar-refractivity contribution in [1.29, 1.82) is 0 Å². The molecule has 0 radical (unpaired) electrons. The lowest BCUT2D eigenvalue weighted by atomic mass is 10.1. The Hall–Kier alpha value is -2.42. The number of benzene rings is 1. The monoisotopic (exact) mass is 441 g/mol. The Morgan fingerprint density at radius 1 is 1.14 bits per heavy atom. The van der Waals surface area contributed by atoms with E-state index in [-0.39, 0.29) is 11.5 Å². The van der Waals surface area contributed by atoms with Crippen LogP contribution in [0.4, 0.5) is 0 Å². The van der Waals surface area contributed by atoms with Gasteiger partial charge in [0, 0.05) is 22.4 Å². The van der Waals surface area contributed by atoms with Crippen LogP contribution in [0.3, 0.4) is 0 Å². The van der Waals surface area contributed by atoms with Crippen molar-refractivity contribution in [2.45, 2.75) is 12.2 Å². The summed E-state index contributed by atoms with van der Waals surface area (Å²) >= 11 is 4.53. The standard InChI is InChI=1S/C21H19N3O2S3/c25-18(22-9-8-14-5-2-1-3-6-14)13-27-12-17-23-20(26)19-15(11-29-21(19)24-17)16-7-4-10-28-16/h1-7,10-11H,8-9,12-13H2,(H,22,25)(H,23,24,26). The van der Waals surface area contributed by atoms with Crippen molar-refractivity contribution in [2.24, 2.45) is 0 Å². The van der Waals surface area contributed by atoms with Crippen LogP contribution in [0, 0.1) is 0 Å². The molecule has 2 N–H and O–H groups in total. The third kappa shape index (κ3) is 4.95.